The number of fused-ring (bicyclic) bond motifs is 1. The van der Waals surface area contributed by atoms with Gasteiger partial charge in [-0.25, -0.2) is 4.68 Å². The van der Waals surface area contributed by atoms with Crippen molar-refractivity contribution in [3.05, 3.63) is 75.2 Å². The van der Waals surface area contributed by atoms with Crippen molar-refractivity contribution >= 4 is 17.0 Å². The Hall–Kier alpha value is -3.39. The summed E-state index contributed by atoms with van der Waals surface area (Å²) in [5, 5.41) is 15.4. The molecule has 0 atom stereocenters. The molecule has 0 fully saturated rings. The summed E-state index contributed by atoms with van der Waals surface area (Å²) in [6.07, 6.45) is 1.63. The number of ether oxygens (including phenoxy) is 1. The number of hydrogen-bond donors (Lipinski definition) is 0. The van der Waals surface area contributed by atoms with Gasteiger partial charge in [0.1, 0.15) is 17.4 Å². The van der Waals surface area contributed by atoms with Gasteiger partial charge in [-0.3, -0.25) is 4.79 Å². The number of aryl methyl sites for hydroxylation is 2. The molecule has 0 aliphatic heterocycles. The molecule has 0 radical (unpaired) electrons. The van der Waals surface area contributed by atoms with E-state index in [2.05, 4.69) is 5.10 Å². The molecular weight excluding hydrogens is 314 g/mol. The maximum absolute atomic E-state index is 12.4. The van der Waals surface area contributed by atoms with Crippen LogP contribution in [0, 0.1) is 25.2 Å². The van der Waals surface area contributed by atoms with E-state index in [1.807, 2.05) is 42.5 Å². The molecule has 0 unspecified atom stereocenters. The third-order valence-corrected chi connectivity index (χ3v) is 4.12. The fourth-order valence-electron chi connectivity index (χ4n) is 2.87. The lowest BCUT2D eigenvalue weighted by atomic mass is 10.0. The number of nitriles is 1. The lowest BCUT2D eigenvalue weighted by molar-refractivity contribution is 0.420. The van der Waals surface area contributed by atoms with Crippen molar-refractivity contribution in [3.63, 3.8) is 0 Å². The second-order valence-electron chi connectivity index (χ2n) is 5.72. The second-order valence-corrected chi connectivity index (χ2v) is 5.72. The van der Waals surface area contributed by atoms with E-state index in [9.17, 15) is 4.79 Å². The normalized spacial score (nSPS) is 11.0. The molecule has 1 heterocycles. The fourth-order valence-corrected chi connectivity index (χ4v) is 2.87. The van der Waals surface area contributed by atoms with Gasteiger partial charge < -0.3 is 4.74 Å². The predicted molar refractivity (Wildman–Crippen MR) is 98.4 cm³/mol. The van der Waals surface area contributed by atoms with Crippen LogP contribution in [0.2, 0.25) is 0 Å². The third-order valence-electron chi connectivity index (χ3n) is 4.12. The van der Waals surface area contributed by atoms with E-state index in [1.54, 1.807) is 33.2 Å². The summed E-state index contributed by atoms with van der Waals surface area (Å²) in [5.74, 6) is 0.781. The number of methoxy groups -OCH3 is 1. The van der Waals surface area contributed by atoms with Crippen molar-refractivity contribution in [2.75, 3.05) is 7.11 Å². The van der Waals surface area contributed by atoms with Crippen LogP contribution in [0.3, 0.4) is 0 Å². The summed E-state index contributed by atoms with van der Waals surface area (Å²) in [7, 11) is 1.63. The molecule has 0 aliphatic rings. The van der Waals surface area contributed by atoms with E-state index < -0.39 is 5.56 Å². The van der Waals surface area contributed by atoms with Gasteiger partial charge in [-0.1, -0.05) is 24.3 Å². The van der Waals surface area contributed by atoms with Gasteiger partial charge in [0.05, 0.1) is 13.3 Å². The first kappa shape index (κ1) is 16.5. The fraction of sp³-hybridized carbons (Fsp3) is 0.150. The van der Waals surface area contributed by atoms with Gasteiger partial charge in [-0.05, 0) is 43.0 Å². The molecule has 1 aromatic heterocycles. The summed E-state index contributed by atoms with van der Waals surface area (Å²) in [4.78, 5) is 12.4. The lowest BCUT2D eigenvalue weighted by Gasteiger charge is -2.09. The predicted octanol–water partition coefficient (Wildman–Crippen LogP) is 3.38. The van der Waals surface area contributed by atoms with Crippen molar-refractivity contribution < 1.29 is 4.74 Å². The van der Waals surface area contributed by atoms with Gasteiger partial charge in [0.2, 0.25) is 0 Å². The Morgan fingerprint density at radius 2 is 1.88 bits per heavy atom. The number of benzene rings is 2. The molecular formula is C20H17N3O2. The highest BCUT2D eigenvalue weighted by Crippen LogP contribution is 2.27. The smallest absolute Gasteiger partial charge is 0.289 e. The SMILES string of the molecule is COc1ccc(C=Nn2c(C)cc(C)c(C#N)c2=O)c2ccccc12. The van der Waals surface area contributed by atoms with Crippen molar-refractivity contribution in [3.8, 4) is 11.8 Å². The maximum Gasteiger partial charge on any atom is 0.289 e. The van der Waals surface area contributed by atoms with Crippen LogP contribution in [0.5, 0.6) is 5.75 Å². The lowest BCUT2D eigenvalue weighted by Crippen LogP contribution is -2.22. The molecule has 5 heteroatoms. The standard InChI is InChI=1S/C20H17N3O2/c1-13-10-14(2)23(20(24)18(13)11-21)22-12-15-8-9-19(25-3)17-7-5-4-6-16(15)17/h4-10,12H,1-3H3. The Morgan fingerprint density at radius 3 is 2.56 bits per heavy atom. The summed E-state index contributed by atoms with van der Waals surface area (Å²) in [5.41, 5.74) is 1.90. The third kappa shape index (κ3) is 2.90. The highest BCUT2D eigenvalue weighted by Gasteiger charge is 2.09. The number of rotatable bonds is 3. The summed E-state index contributed by atoms with van der Waals surface area (Å²) in [6, 6.07) is 15.3. The zero-order chi connectivity index (χ0) is 18.0. The molecule has 0 spiro atoms. The molecule has 5 nitrogen and oxygen atoms in total. The van der Waals surface area contributed by atoms with Crippen LogP contribution in [0.15, 0.2) is 52.4 Å². The first-order valence-electron chi connectivity index (χ1n) is 7.80. The molecule has 0 N–H and O–H groups in total. The van der Waals surface area contributed by atoms with E-state index in [1.165, 1.54) is 4.68 Å². The molecule has 0 saturated heterocycles. The highest BCUT2D eigenvalue weighted by atomic mass is 16.5. The van der Waals surface area contributed by atoms with Crippen LogP contribution in [0.4, 0.5) is 0 Å². The molecule has 25 heavy (non-hydrogen) atoms. The molecule has 0 bridgehead atoms. The van der Waals surface area contributed by atoms with Crippen molar-refractivity contribution in [2.45, 2.75) is 13.8 Å². The Labute approximate surface area is 145 Å². The number of hydrogen-bond acceptors (Lipinski definition) is 4. The van der Waals surface area contributed by atoms with Gasteiger partial charge in [-0.15, -0.1) is 0 Å². The zero-order valence-electron chi connectivity index (χ0n) is 14.3. The average molecular weight is 331 g/mol. The molecule has 3 rings (SSSR count). The first-order chi connectivity index (χ1) is 12.1. The van der Waals surface area contributed by atoms with Crippen molar-refractivity contribution in [1.29, 1.82) is 5.26 Å². The quantitative estimate of drug-likeness (QED) is 0.691. The Morgan fingerprint density at radius 1 is 1.16 bits per heavy atom. The minimum Gasteiger partial charge on any atom is -0.496 e. The summed E-state index contributed by atoms with van der Waals surface area (Å²) in [6.45, 7) is 3.54. The van der Waals surface area contributed by atoms with Crippen LogP contribution < -0.4 is 10.3 Å². The van der Waals surface area contributed by atoms with Gasteiger partial charge in [-0.2, -0.15) is 10.4 Å². The van der Waals surface area contributed by atoms with Crippen LogP contribution in [0.1, 0.15) is 22.4 Å². The molecule has 124 valence electrons. The summed E-state index contributed by atoms with van der Waals surface area (Å²) < 4.78 is 6.65. The monoisotopic (exact) mass is 331 g/mol. The Balaban J connectivity index is 2.15. The van der Waals surface area contributed by atoms with Crippen LogP contribution in [-0.2, 0) is 0 Å². The first-order valence-corrected chi connectivity index (χ1v) is 7.80. The second kappa shape index (κ2) is 6.62. The van der Waals surface area contributed by atoms with Crippen LogP contribution >= 0.6 is 0 Å². The maximum atomic E-state index is 12.4. The largest absolute Gasteiger partial charge is 0.496 e. The highest BCUT2D eigenvalue weighted by molar-refractivity contribution is 6.02. The Bertz CT molecular complexity index is 1090. The molecule has 0 saturated carbocycles. The van der Waals surface area contributed by atoms with Crippen LogP contribution in [0.25, 0.3) is 10.8 Å². The Kier molecular flexibility index (Phi) is 4.36. The van der Waals surface area contributed by atoms with Gasteiger partial charge in [0.25, 0.3) is 5.56 Å². The zero-order valence-corrected chi connectivity index (χ0v) is 14.3. The average Bonchev–Trinajstić information content (AvgIpc) is 2.61. The number of pyridine rings is 1. The summed E-state index contributed by atoms with van der Waals surface area (Å²) >= 11 is 0. The minimum atomic E-state index is -0.408. The number of aromatic nitrogens is 1. The van der Waals surface area contributed by atoms with E-state index >= 15 is 0 Å². The molecule has 2 aromatic carbocycles. The minimum absolute atomic E-state index is 0.113. The van der Waals surface area contributed by atoms with Gasteiger partial charge in [0, 0.05) is 16.6 Å². The van der Waals surface area contributed by atoms with E-state index in [0.717, 1.165) is 22.1 Å². The van der Waals surface area contributed by atoms with Crippen LogP contribution in [-0.4, -0.2) is 18.0 Å². The number of nitrogens with zero attached hydrogens (tertiary/aromatic N) is 3. The molecule has 0 amide bonds. The molecule has 3 aromatic rings. The van der Waals surface area contributed by atoms with Crippen molar-refractivity contribution in [2.24, 2.45) is 5.10 Å². The van der Waals surface area contributed by atoms with Gasteiger partial charge in [0.15, 0.2) is 0 Å². The molecule has 0 aliphatic carbocycles. The van der Waals surface area contributed by atoms with E-state index in [-0.39, 0.29) is 5.56 Å². The van der Waals surface area contributed by atoms with E-state index in [0.29, 0.717) is 11.3 Å². The topological polar surface area (TPSA) is 67.4 Å². The van der Waals surface area contributed by atoms with Gasteiger partial charge >= 0.3 is 0 Å². The van der Waals surface area contributed by atoms with Crippen molar-refractivity contribution in [1.82, 2.24) is 4.68 Å². The van der Waals surface area contributed by atoms with E-state index in [4.69, 9.17) is 10.00 Å².